The number of hydrogen-bond acceptors (Lipinski definition) is 4. The van der Waals surface area contributed by atoms with Crippen molar-refractivity contribution in [1.82, 2.24) is 4.90 Å². The first-order valence-electron chi connectivity index (χ1n) is 8.37. The minimum atomic E-state index is -0.355. The number of nitro benzene ring substituents is 1. The van der Waals surface area contributed by atoms with E-state index in [-0.39, 0.29) is 10.6 Å². The molecule has 24 heavy (non-hydrogen) atoms. The van der Waals surface area contributed by atoms with Crippen molar-refractivity contribution in [3.8, 4) is 0 Å². The predicted octanol–water partition coefficient (Wildman–Crippen LogP) is 3.70. The minimum absolute atomic E-state index is 0.143. The zero-order valence-corrected chi connectivity index (χ0v) is 14.0. The summed E-state index contributed by atoms with van der Waals surface area (Å²) in [5.41, 5.74) is 2.55. The van der Waals surface area contributed by atoms with Crippen LogP contribution >= 0.6 is 0 Å². The number of nitro groups is 1. The van der Waals surface area contributed by atoms with Crippen LogP contribution in [-0.4, -0.2) is 36.0 Å². The van der Waals surface area contributed by atoms with Crippen LogP contribution in [0.15, 0.2) is 54.6 Å². The van der Waals surface area contributed by atoms with Crippen LogP contribution in [0.5, 0.6) is 0 Å². The second-order valence-corrected chi connectivity index (χ2v) is 6.38. The predicted molar refractivity (Wildman–Crippen MR) is 96.2 cm³/mol. The molecule has 5 heteroatoms. The van der Waals surface area contributed by atoms with E-state index < -0.39 is 0 Å². The Balaban J connectivity index is 1.55. The summed E-state index contributed by atoms with van der Waals surface area (Å²) in [6, 6.07) is 17.9. The fourth-order valence-corrected chi connectivity index (χ4v) is 3.33. The largest absolute Gasteiger partial charge is 0.372 e. The third-order valence-electron chi connectivity index (χ3n) is 4.82. The van der Waals surface area contributed by atoms with E-state index in [4.69, 9.17) is 0 Å². The molecule has 1 aliphatic heterocycles. The number of anilines is 1. The second kappa shape index (κ2) is 7.45. The van der Waals surface area contributed by atoms with Gasteiger partial charge in [0.2, 0.25) is 0 Å². The second-order valence-electron chi connectivity index (χ2n) is 6.38. The number of non-ortho nitro benzene ring substituents is 1. The molecule has 0 spiro atoms. The van der Waals surface area contributed by atoms with Crippen molar-refractivity contribution in [3.05, 3.63) is 70.3 Å². The smallest absolute Gasteiger partial charge is 0.269 e. The molecule has 0 aromatic heterocycles. The maximum Gasteiger partial charge on any atom is 0.269 e. The lowest BCUT2D eigenvalue weighted by Gasteiger charge is -2.37. The first kappa shape index (κ1) is 16.5. The highest BCUT2D eigenvalue weighted by molar-refractivity contribution is 5.51. The molecule has 5 nitrogen and oxygen atoms in total. The summed E-state index contributed by atoms with van der Waals surface area (Å²) in [5, 5.41) is 10.8. The van der Waals surface area contributed by atoms with Gasteiger partial charge in [-0.25, -0.2) is 0 Å². The number of rotatable bonds is 5. The van der Waals surface area contributed by atoms with Crippen molar-refractivity contribution in [3.63, 3.8) is 0 Å². The van der Waals surface area contributed by atoms with Gasteiger partial charge < -0.3 is 4.90 Å². The Morgan fingerprint density at radius 2 is 1.71 bits per heavy atom. The van der Waals surface area contributed by atoms with Crippen LogP contribution < -0.4 is 4.90 Å². The van der Waals surface area contributed by atoms with Crippen LogP contribution in [0.1, 0.15) is 18.4 Å². The van der Waals surface area contributed by atoms with Gasteiger partial charge in [-0.1, -0.05) is 30.3 Å². The average molecular weight is 325 g/mol. The SMILES string of the molecule is CN(c1ccc([N+](=O)[O-])cc1)C1CCN(Cc2ccccc2)CC1. The lowest BCUT2D eigenvalue weighted by molar-refractivity contribution is -0.384. The normalized spacial score (nSPS) is 16.0. The van der Waals surface area contributed by atoms with Crippen molar-refractivity contribution in [2.75, 3.05) is 25.0 Å². The van der Waals surface area contributed by atoms with Gasteiger partial charge in [0, 0.05) is 50.5 Å². The van der Waals surface area contributed by atoms with Gasteiger partial charge in [-0.05, 0) is 30.5 Å². The first-order chi connectivity index (χ1) is 11.6. The van der Waals surface area contributed by atoms with E-state index in [1.165, 1.54) is 5.56 Å². The van der Waals surface area contributed by atoms with Crippen LogP contribution in [0.25, 0.3) is 0 Å². The van der Waals surface area contributed by atoms with Crippen molar-refractivity contribution in [2.24, 2.45) is 0 Å². The maximum atomic E-state index is 10.8. The molecule has 0 saturated carbocycles. The van der Waals surface area contributed by atoms with Gasteiger partial charge in [-0.15, -0.1) is 0 Å². The third kappa shape index (κ3) is 3.92. The number of benzene rings is 2. The molecular weight excluding hydrogens is 302 g/mol. The summed E-state index contributed by atoms with van der Waals surface area (Å²) in [7, 11) is 2.08. The van der Waals surface area contributed by atoms with Crippen LogP contribution in [0.2, 0.25) is 0 Å². The highest BCUT2D eigenvalue weighted by Gasteiger charge is 2.23. The molecule has 3 rings (SSSR count). The van der Waals surface area contributed by atoms with Gasteiger partial charge in [0.15, 0.2) is 0 Å². The van der Waals surface area contributed by atoms with E-state index in [0.29, 0.717) is 6.04 Å². The van der Waals surface area contributed by atoms with Crippen LogP contribution in [-0.2, 0) is 6.54 Å². The summed E-state index contributed by atoms with van der Waals surface area (Å²) < 4.78 is 0. The molecule has 0 radical (unpaired) electrons. The topological polar surface area (TPSA) is 49.6 Å². The Morgan fingerprint density at radius 3 is 2.29 bits per heavy atom. The molecule has 0 bridgehead atoms. The number of hydrogen-bond donors (Lipinski definition) is 0. The summed E-state index contributed by atoms with van der Waals surface area (Å²) in [4.78, 5) is 15.2. The molecule has 1 aliphatic rings. The molecule has 1 saturated heterocycles. The zero-order valence-electron chi connectivity index (χ0n) is 14.0. The van der Waals surface area contributed by atoms with Gasteiger partial charge >= 0.3 is 0 Å². The van der Waals surface area contributed by atoms with E-state index >= 15 is 0 Å². The van der Waals surface area contributed by atoms with Crippen molar-refractivity contribution >= 4 is 11.4 Å². The summed E-state index contributed by atoms with van der Waals surface area (Å²) in [6.07, 6.45) is 2.22. The molecule has 0 N–H and O–H groups in total. The molecule has 0 amide bonds. The van der Waals surface area contributed by atoms with E-state index in [1.54, 1.807) is 12.1 Å². The standard InChI is InChI=1S/C19H23N3O2/c1-20(17-7-9-19(10-8-17)22(23)24)18-11-13-21(14-12-18)15-16-5-3-2-4-6-16/h2-10,18H,11-15H2,1H3. The van der Waals surface area contributed by atoms with Crippen molar-refractivity contribution in [2.45, 2.75) is 25.4 Å². The van der Waals surface area contributed by atoms with Gasteiger partial charge in [0.05, 0.1) is 4.92 Å². The molecule has 1 fully saturated rings. The van der Waals surface area contributed by atoms with Crippen LogP contribution in [0.3, 0.4) is 0 Å². The molecule has 0 unspecified atom stereocenters. The molecule has 2 aromatic rings. The molecule has 1 heterocycles. The Hall–Kier alpha value is -2.40. The van der Waals surface area contributed by atoms with Crippen LogP contribution in [0, 0.1) is 10.1 Å². The Bertz CT molecular complexity index is 665. The summed E-state index contributed by atoms with van der Waals surface area (Å²) in [6.45, 7) is 3.17. The third-order valence-corrected chi connectivity index (χ3v) is 4.82. The van der Waals surface area contributed by atoms with E-state index in [0.717, 1.165) is 38.2 Å². The van der Waals surface area contributed by atoms with Gasteiger partial charge in [0.25, 0.3) is 5.69 Å². The molecule has 126 valence electrons. The van der Waals surface area contributed by atoms with E-state index in [2.05, 4.69) is 47.2 Å². The molecule has 2 aromatic carbocycles. The lowest BCUT2D eigenvalue weighted by atomic mass is 10.0. The first-order valence-corrected chi connectivity index (χ1v) is 8.37. The highest BCUT2D eigenvalue weighted by Crippen LogP contribution is 2.24. The fourth-order valence-electron chi connectivity index (χ4n) is 3.33. The monoisotopic (exact) mass is 325 g/mol. The van der Waals surface area contributed by atoms with E-state index in [1.807, 2.05) is 12.1 Å². The highest BCUT2D eigenvalue weighted by atomic mass is 16.6. The summed E-state index contributed by atoms with van der Waals surface area (Å²) in [5.74, 6) is 0. The minimum Gasteiger partial charge on any atom is -0.372 e. The summed E-state index contributed by atoms with van der Waals surface area (Å²) >= 11 is 0. The van der Waals surface area contributed by atoms with Gasteiger partial charge in [-0.3, -0.25) is 15.0 Å². The zero-order chi connectivity index (χ0) is 16.9. The van der Waals surface area contributed by atoms with Crippen molar-refractivity contribution < 1.29 is 4.92 Å². The average Bonchev–Trinajstić information content (AvgIpc) is 2.63. The van der Waals surface area contributed by atoms with E-state index in [9.17, 15) is 10.1 Å². The Morgan fingerprint density at radius 1 is 1.08 bits per heavy atom. The number of piperidine rings is 1. The quantitative estimate of drug-likeness (QED) is 0.621. The number of nitrogens with zero attached hydrogens (tertiary/aromatic N) is 3. The molecule has 0 aliphatic carbocycles. The fraction of sp³-hybridized carbons (Fsp3) is 0.368. The van der Waals surface area contributed by atoms with Crippen molar-refractivity contribution in [1.29, 1.82) is 0 Å². The van der Waals surface area contributed by atoms with Crippen LogP contribution in [0.4, 0.5) is 11.4 Å². The van der Waals surface area contributed by atoms with Gasteiger partial charge in [-0.2, -0.15) is 0 Å². The number of likely N-dealkylation sites (tertiary alicyclic amines) is 1. The molecule has 0 atom stereocenters. The molecular formula is C19H23N3O2. The lowest BCUT2D eigenvalue weighted by Crippen LogP contribution is -2.43. The Kier molecular flexibility index (Phi) is 5.11. The Labute approximate surface area is 142 Å². The van der Waals surface area contributed by atoms with Gasteiger partial charge in [0.1, 0.15) is 0 Å². The maximum absolute atomic E-state index is 10.8.